The first-order valence-electron chi connectivity index (χ1n) is 9.20. The van der Waals surface area contributed by atoms with Gasteiger partial charge in [-0.05, 0) is 49.7 Å². The highest BCUT2D eigenvalue weighted by molar-refractivity contribution is 8.12. The lowest BCUT2D eigenvalue weighted by molar-refractivity contribution is 0.108. The summed E-state index contributed by atoms with van der Waals surface area (Å²) < 4.78 is 2.21. The highest BCUT2D eigenvalue weighted by Gasteiger charge is 2.27. The maximum absolute atomic E-state index is 12.9. The number of hydrogen-bond acceptors (Lipinski definition) is 5. The molecular weight excluding hydrogens is 380 g/mol. The molecule has 1 N–H and O–H groups in total. The van der Waals surface area contributed by atoms with Crippen molar-refractivity contribution < 1.29 is 4.79 Å². The monoisotopic (exact) mass is 402 g/mol. The molecule has 1 aromatic heterocycles. The van der Waals surface area contributed by atoms with Crippen molar-refractivity contribution in [2.24, 2.45) is 0 Å². The lowest BCUT2D eigenvalue weighted by atomic mass is 9.93. The summed E-state index contributed by atoms with van der Waals surface area (Å²) in [6.07, 6.45) is 6.78. The van der Waals surface area contributed by atoms with E-state index >= 15 is 0 Å². The van der Waals surface area contributed by atoms with Gasteiger partial charge in [-0.25, -0.2) is 4.31 Å². The highest BCUT2D eigenvalue weighted by atomic mass is 32.2. The van der Waals surface area contributed by atoms with Gasteiger partial charge in [0.25, 0.3) is 0 Å². The van der Waals surface area contributed by atoms with Crippen molar-refractivity contribution in [1.29, 1.82) is 0 Å². The van der Waals surface area contributed by atoms with E-state index < -0.39 is 0 Å². The average molecular weight is 403 g/mol. The molecule has 1 aliphatic carbocycles. The van der Waals surface area contributed by atoms with Gasteiger partial charge in [-0.15, -0.1) is 11.3 Å². The Hall–Kier alpha value is -1.21. The van der Waals surface area contributed by atoms with E-state index in [0.29, 0.717) is 0 Å². The first-order valence-corrected chi connectivity index (χ1v) is 11.2. The molecule has 0 atom stereocenters. The molecule has 6 heteroatoms. The van der Waals surface area contributed by atoms with Crippen LogP contribution in [0.25, 0.3) is 0 Å². The van der Waals surface area contributed by atoms with Crippen LogP contribution in [0.3, 0.4) is 0 Å². The zero-order valence-corrected chi connectivity index (χ0v) is 17.1. The van der Waals surface area contributed by atoms with E-state index in [0.717, 1.165) is 46.4 Å². The first kappa shape index (κ1) is 18.2. The van der Waals surface area contributed by atoms with E-state index in [4.69, 9.17) is 12.2 Å². The second-order valence-corrected chi connectivity index (χ2v) is 9.26. The SMILES string of the molecule is O=C(SN1CCCC1)c1sc(NC(=S)c2ccccc2)c2c1CCCC2. The third-order valence-corrected chi connectivity index (χ3v) is 7.59. The fourth-order valence-electron chi connectivity index (χ4n) is 3.60. The van der Waals surface area contributed by atoms with Gasteiger partial charge >= 0.3 is 0 Å². The van der Waals surface area contributed by atoms with Crippen LogP contribution in [0, 0.1) is 0 Å². The molecule has 0 unspecified atom stereocenters. The molecule has 0 spiro atoms. The number of thiocarbonyl (C=S) groups is 1. The minimum Gasteiger partial charge on any atom is -0.338 e. The van der Waals surface area contributed by atoms with Crippen LogP contribution < -0.4 is 5.32 Å². The molecule has 0 radical (unpaired) electrons. The quantitative estimate of drug-likeness (QED) is 0.554. The van der Waals surface area contributed by atoms with Crippen LogP contribution in [0.4, 0.5) is 5.00 Å². The van der Waals surface area contributed by atoms with E-state index in [-0.39, 0.29) is 5.12 Å². The summed E-state index contributed by atoms with van der Waals surface area (Å²) >= 11 is 8.60. The molecule has 1 saturated heterocycles. The number of benzene rings is 1. The van der Waals surface area contributed by atoms with Crippen molar-refractivity contribution in [2.45, 2.75) is 38.5 Å². The van der Waals surface area contributed by atoms with Gasteiger partial charge in [0.15, 0.2) is 0 Å². The van der Waals surface area contributed by atoms with Crippen LogP contribution >= 0.6 is 35.5 Å². The van der Waals surface area contributed by atoms with E-state index in [1.54, 1.807) is 11.3 Å². The van der Waals surface area contributed by atoms with Gasteiger partial charge in [0.2, 0.25) is 5.12 Å². The van der Waals surface area contributed by atoms with Gasteiger partial charge in [0, 0.05) is 30.6 Å². The predicted molar refractivity (Wildman–Crippen MR) is 115 cm³/mol. The summed E-state index contributed by atoms with van der Waals surface area (Å²) in [5.74, 6) is 0. The Balaban J connectivity index is 1.58. The van der Waals surface area contributed by atoms with Crippen molar-refractivity contribution >= 4 is 50.6 Å². The van der Waals surface area contributed by atoms with E-state index in [9.17, 15) is 4.79 Å². The lowest BCUT2D eigenvalue weighted by Gasteiger charge is -2.15. The number of fused-ring (bicyclic) bond motifs is 1. The summed E-state index contributed by atoms with van der Waals surface area (Å²) in [5, 5.41) is 4.70. The molecule has 26 heavy (non-hydrogen) atoms. The average Bonchev–Trinajstić information content (AvgIpc) is 3.31. The number of thiophene rings is 1. The molecule has 3 nitrogen and oxygen atoms in total. The maximum atomic E-state index is 12.9. The molecule has 2 heterocycles. The van der Waals surface area contributed by atoms with Crippen LogP contribution in [0.5, 0.6) is 0 Å². The molecule has 0 bridgehead atoms. The smallest absolute Gasteiger partial charge is 0.244 e. The fourth-order valence-corrected chi connectivity index (χ4v) is 6.16. The van der Waals surface area contributed by atoms with Gasteiger partial charge in [-0.2, -0.15) is 0 Å². The molecule has 4 rings (SSSR count). The van der Waals surface area contributed by atoms with E-state index in [1.807, 2.05) is 30.3 Å². The van der Waals surface area contributed by atoms with Crippen molar-refractivity contribution in [3.63, 3.8) is 0 Å². The number of hydrogen-bond donors (Lipinski definition) is 1. The van der Waals surface area contributed by atoms with Gasteiger partial charge in [0.1, 0.15) is 4.99 Å². The van der Waals surface area contributed by atoms with Crippen molar-refractivity contribution in [2.75, 3.05) is 18.4 Å². The topological polar surface area (TPSA) is 32.3 Å². The number of nitrogens with one attached hydrogen (secondary N) is 1. The number of anilines is 1. The van der Waals surface area contributed by atoms with Crippen molar-refractivity contribution in [3.8, 4) is 0 Å². The predicted octanol–water partition coefficient (Wildman–Crippen LogP) is 5.30. The number of rotatable bonds is 4. The summed E-state index contributed by atoms with van der Waals surface area (Å²) in [6, 6.07) is 10.0. The largest absolute Gasteiger partial charge is 0.338 e. The molecule has 0 amide bonds. The highest BCUT2D eigenvalue weighted by Crippen LogP contribution is 2.41. The minimum absolute atomic E-state index is 0.203. The van der Waals surface area contributed by atoms with Crippen LogP contribution in [0.2, 0.25) is 0 Å². The number of carbonyl (C=O) groups excluding carboxylic acids is 1. The molecule has 136 valence electrons. The van der Waals surface area contributed by atoms with Gasteiger partial charge in [-0.3, -0.25) is 4.79 Å². The third kappa shape index (κ3) is 3.88. The maximum Gasteiger partial charge on any atom is 0.244 e. The Morgan fingerprint density at radius 2 is 1.73 bits per heavy atom. The second-order valence-electron chi connectivity index (χ2n) is 6.76. The molecule has 1 aromatic carbocycles. The number of carbonyl (C=O) groups is 1. The summed E-state index contributed by atoms with van der Waals surface area (Å²) in [5.41, 5.74) is 3.58. The molecular formula is C20H22N2OS3. The van der Waals surface area contributed by atoms with Gasteiger partial charge in [0.05, 0.1) is 9.88 Å². The van der Waals surface area contributed by atoms with Crippen LogP contribution in [0.15, 0.2) is 30.3 Å². The molecule has 1 aliphatic heterocycles. The Kier molecular flexibility index (Phi) is 5.74. The van der Waals surface area contributed by atoms with Crippen molar-refractivity contribution in [3.05, 3.63) is 51.9 Å². The normalized spacial score (nSPS) is 17.1. The fraction of sp³-hybridized carbons (Fsp3) is 0.400. The van der Waals surface area contributed by atoms with Crippen LogP contribution in [-0.4, -0.2) is 27.5 Å². The standard InChI is InChI=1S/C20H22N2OS3/c23-20(26-22-12-6-7-13-22)17-15-10-4-5-11-16(15)19(25-17)21-18(24)14-8-2-1-3-9-14/h1-3,8-9H,4-7,10-13H2,(H,21,24). The molecule has 2 aromatic rings. The summed E-state index contributed by atoms with van der Waals surface area (Å²) in [6.45, 7) is 2.04. The summed E-state index contributed by atoms with van der Waals surface area (Å²) in [7, 11) is 0. The third-order valence-electron chi connectivity index (χ3n) is 4.95. The van der Waals surface area contributed by atoms with Crippen LogP contribution in [-0.2, 0) is 12.8 Å². The lowest BCUT2D eigenvalue weighted by Crippen LogP contribution is -2.14. The zero-order valence-electron chi connectivity index (χ0n) is 14.6. The number of nitrogens with zero attached hydrogens (tertiary/aromatic N) is 1. The Morgan fingerprint density at radius 3 is 2.46 bits per heavy atom. The summed E-state index contributed by atoms with van der Waals surface area (Å²) in [4.78, 5) is 14.6. The molecule has 2 aliphatic rings. The molecule has 0 saturated carbocycles. The Labute approximate surface area is 168 Å². The Bertz CT molecular complexity index is 810. The van der Waals surface area contributed by atoms with Crippen LogP contribution in [0.1, 0.15) is 52.0 Å². The first-order chi connectivity index (χ1) is 12.7. The minimum atomic E-state index is 0.203. The van der Waals surface area contributed by atoms with E-state index in [1.165, 1.54) is 48.8 Å². The van der Waals surface area contributed by atoms with Gasteiger partial charge < -0.3 is 5.32 Å². The van der Waals surface area contributed by atoms with E-state index in [2.05, 4.69) is 9.62 Å². The second kappa shape index (κ2) is 8.21. The molecule has 1 fully saturated rings. The van der Waals surface area contributed by atoms with Crippen molar-refractivity contribution in [1.82, 2.24) is 4.31 Å². The zero-order chi connectivity index (χ0) is 17.9. The Morgan fingerprint density at radius 1 is 1.04 bits per heavy atom. The van der Waals surface area contributed by atoms with Gasteiger partial charge in [-0.1, -0.05) is 42.5 Å².